The first-order valence-corrected chi connectivity index (χ1v) is 11.1. The second-order valence-electron chi connectivity index (χ2n) is 9.71. The maximum atomic E-state index is 4.20. The van der Waals surface area contributed by atoms with Crippen molar-refractivity contribution in [2.75, 3.05) is 0 Å². The monoisotopic (exact) mass is 343 g/mol. The van der Waals surface area contributed by atoms with E-state index in [1.807, 2.05) is 11.1 Å². The van der Waals surface area contributed by atoms with Gasteiger partial charge in [0.25, 0.3) is 0 Å². The highest BCUT2D eigenvalue weighted by Gasteiger charge is 2.54. The number of rotatable bonds is 1. The molecule has 25 heavy (non-hydrogen) atoms. The Labute approximate surface area is 156 Å². The smallest absolute Gasteiger partial charge is 0.0320 e. The highest BCUT2D eigenvalue weighted by Crippen LogP contribution is 2.63. The molecule has 0 spiro atoms. The van der Waals surface area contributed by atoms with Crippen molar-refractivity contribution in [2.24, 2.45) is 22.7 Å². The number of nitrogens with one attached hydrogen (secondary N) is 1. The minimum Gasteiger partial charge on any atom is -0.386 e. The molecule has 0 aromatic carbocycles. The Balaban J connectivity index is 0.000000569. The van der Waals surface area contributed by atoms with E-state index in [-0.39, 0.29) is 0 Å². The minimum atomic E-state index is 0.480. The fourth-order valence-corrected chi connectivity index (χ4v) is 6.78. The lowest BCUT2D eigenvalue weighted by Crippen LogP contribution is -2.55. The van der Waals surface area contributed by atoms with Gasteiger partial charge in [-0.1, -0.05) is 65.2 Å². The van der Waals surface area contributed by atoms with Crippen molar-refractivity contribution in [2.45, 2.75) is 105 Å². The van der Waals surface area contributed by atoms with E-state index in [2.05, 4.69) is 46.5 Å². The van der Waals surface area contributed by atoms with Crippen LogP contribution in [0.25, 0.3) is 0 Å². The van der Waals surface area contributed by atoms with Crippen molar-refractivity contribution in [3.8, 4) is 0 Å². The average Bonchev–Trinajstić information content (AvgIpc) is 2.92. The van der Waals surface area contributed by atoms with Crippen molar-refractivity contribution < 1.29 is 0 Å². The van der Waals surface area contributed by atoms with Crippen LogP contribution in [0.4, 0.5) is 0 Å². The van der Waals surface area contributed by atoms with Crippen LogP contribution in [0.1, 0.15) is 98.8 Å². The summed E-state index contributed by atoms with van der Waals surface area (Å²) in [6.45, 7) is 16.0. The topological polar surface area (TPSA) is 12.0 Å². The van der Waals surface area contributed by atoms with Crippen molar-refractivity contribution in [3.63, 3.8) is 0 Å². The van der Waals surface area contributed by atoms with Crippen molar-refractivity contribution in [3.05, 3.63) is 23.4 Å². The number of piperidine rings is 1. The van der Waals surface area contributed by atoms with E-state index in [0.29, 0.717) is 16.9 Å². The Bertz CT molecular complexity index is 544. The third-order valence-corrected chi connectivity index (χ3v) is 8.22. The number of allylic oxidation sites excluding steroid dienone is 3. The van der Waals surface area contributed by atoms with Crippen LogP contribution in [0.5, 0.6) is 0 Å². The lowest BCUT2D eigenvalue weighted by Gasteiger charge is -2.56. The van der Waals surface area contributed by atoms with E-state index < -0.39 is 0 Å². The largest absolute Gasteiger partial charge is 0.386 e. The van der Waals surface area contributed by atoms with E-state index in [9.17, 15) is 0 Å². The van der Waals surface area contributed by atoms with Gasteiger partial charge in [0.05, 0.1) is 0 Å². The molecule has 5 atom stereocenters. The predicted molar refractivity (Wildman–Crippen MR) is 109 cm³/mol. The Morgan fingerprint density at radius 3 is 2.40 bits per heavy atom. The number of hydrogen-bond acceptors (Lipinski definition) is 1. The van der Waals surface area contributed by atoms with Gasteiger partial charge in [-0.15, -0.1) is 0 Å². The first kappa shape index (κ1) is 19.1. The van der Waals surface area contributed by atoms with Gasteiger partial charge in [-0.25, -0.2) is 0 Å². The first-order valence-electron chi connectivity index (χ1n) is 11.1. The molecule has 3 fully saturated rings. The molecular weight excluding hydrogens is 302 g/mol. The summed E-state index contributed by atoms with van der Waals surface area (Å²) in [6, 6.07) is 0.677. The summed E-state index contributed by atoms with van der Waals surface area (Å²) < 4.78 is 0. The molecule has 1 saturated heterocycles. The molecule has 1 nitrogen and oxygen atoms in total. The molecule has 0 radical (unpaired) electrons. The van der Waals surface area contributed by atoms with Crippen LogP contribution in [0.15, 0.2) is 23.4 Å². The predicted octanol–water partition coefficient (Wildman–Crippen LogP) is 7.00. The van der Waals surface area contributed by atoms with Crippen LogP contribution < -0.4 is 5.32 Å². The lowest BCUT2D eigenvalue weighted by molar-refractivity contribution is 0.0523. The summed E-state index contributed by atoms with van der Waals surface area (Å²) in [4.78, 5) is 0. The zero-order valence-electron chi connectivity index (χ0n) is 17.5. The Morgan fingerprint density at radius 1 is 1.00 bits per heavy atom. The summed E-state index contributed by atoms with van der Waals surface area (Å²) in [7, 11) is 0. The van der Waals surface area contributed by atoms with E-state index >= 15 is 0 Å². The fraction of sp³-hybridized carbons (Fsp3) is 0.833. The molecule has 1 heteroatoms. The highest BCUT2D eigenvalue weighted by molar-refractivity contribution is 5.35. The third kappa shape index (κ3) is 3.00. The summed E-state index contributed by atoms with van der Waals surface area (Å²) >= 11 is 0. The molecule has 1 aliphatic heterocycles. The maximum Gasteiger partial charge on any atom is 0.0320 e. The molecule has 142 valence electrons. The van der Waals surface area contributed by atoms with E-state index in [1.54, 1.807) is 0 Å². The second kappa shape index (κ2) is 7.12. The molecule has 1 heterocycles. The third-order valence-electron chi connectivity index (χ3n) is 8.22. The summed E-state index contributed by atoms with van der Waals surface area (Å²) in [5, 5.41) is 3.76. The molecule has 4 aliphatic rings. The summed E-state index contributed by atoms with van der Waals surface area (Å²) in [6.07, 6.45) is 13.6. The van der Waals surface area contributed by atoms with Gasteiger partial charge < -0.3 is 5.32 Å². The standard InChI is InChI=1S/C21H33N.C3H8/c1-5-15-6-8-17-16-7-9-19-21(4,12-10-14(2)22-19)18(16)11-13-20(15,17)3;1-3-2/h15,18-19,22H,2,5-13H2,1,3-4H3;3H2,1-2H3/t15-,18?,19?,20+,21+;/m0./s1. The highest BCUT2D eigenvalue weighted by atomic mass is 15.0. The van der Waals surface area contributed by atoms with Crippen LogP contribution >= 0.6 is 0 Å². The van der Waals surface area contributed by atoms with Crippen molar-refractivity contribution >= 4 is 0 Å². The zero-order valence-corrected chi connectivity index (χ0v) is 17.5. The van der Waals surface area contributed by atoms with Crippen molar-refractivity contribution in [1.82, 2.24) is 5.32 Å². The van der Waals surface area contributed by atoms with Gasteiger partial charge in [-0.05, 0) is 74.0 Å². The molecule has 0 bridgehead atoms. The molecule has 2 saturated carbocycles. The van der Waals surface area contributed by atoms with Crippen LogP contribution in [-0.4, -0.2) is 6.04 Å². The van der Waals surface area contributed by atoms with Crippen LogP contribution in [0.3, 0.4) is 0 Å². The Kier molecular flexibility index (Phi) is 5.43. The van der Waals surface area contributed by atoms with E-state index in [4.69, 9.17) is 0 Å². The summed E-state index contributed by atoms with van der Waals surface area (Å²) in [5.74, 6) is 1.80. The lowest BCUT2D eigenvalue weighted by atomic mass is 9.52. The zero-order chi connectivity index (χ0) is 18.2. The average molecular weight is 344 g/mol. The summed E-state index contributed by atoms with van der Waals surface area (Å²) in [5.41, 5.74) is 6.15. The van der Waals surface area contributed by atoms with Gasteiger partial charge in [-0.3, -0.25) is 0 Å². The minimum absolute atomic E-state index is 0.480. The van der Waals surface area contributed by atoms with Crippen LogP contribution in [-0.2, 0) is 0 Å². The Hall–Kier alpha value is -0.720. The number of hydrogen-bond donors (Lipinski definition) is 1. The van der Waals surface area contributed by atoms with E-state index in [1.165, 1.54) is 69.9 Å². The normalized spacial score (nSPS) is 42.6. The van der Waals surface area contributed by atoms with Gasteiger partial charge in [0.2, 0.25) is 0 Å². The molecular formula is C24H41N. The molecule has 1 N–H and O–H groups in total. The van der Waals surface area contributed by atoms with Crippen molar-refractivity contribution in [1.29, 1.82) is 0 Å². The quantitative estimate of drug-likeness (QED) is 0.505. The number of fused-ring (bicyclic) bond motifs is 4. The SMILES string of the molecule is C=C1CC[C@@]2(C)C(CCC3=C4CC[C@H](CC)[C@@]4(C)CCC32)N1.CCC. The van der Waals surface area contributed by atoms with Gasteiger partial charge >= 0.3 is 0 Å². The van der Waals surface area contributed by atoms with Gasteiger partial charge in [0, 0.05) is 11.7 Å². The van der Waals surface area contributed by atoms with E-state index in [0.717, 1.165) is 11.8 Å². The maximum absolute atomic E-state index is 4.20. The van der Waals surface area contributed by atoms with Crippen LogP contribution in [0.2, 0.25) is 0 Å². The Morgan fingerprint density at radius 2 is 1.72 bits per heavy atom. The van der Waals surface area contributed by atoms with Gasteiger partial charge in [0.1, 0.15) is 0 Å². The molecule has 3 aliphatic carbocycles. The first-order chi connectivity index (χ1) is 11.9. The van der Waals surface area contributed by atoms with Crippen LogP contribution in [0, 0.1) is 22.7 Å². The fourth-order valence-electron chi connectivity index (χ4n) is 6.78. The molecule has 2 unspecified atom stereocenters. The molecule has 0 aromatic heterocycles. The molecule has 0 amide bonds. The molecule has 4 rings (SSSR count). The molecule has 0 aromatic rings. The second-order valence-corrected chi connectivity index (χ2v) is 9.71. The van der Waals surface area contributed by atoms with Gasteiger partial charge in [0.15, 0.2) is 0 Å². The van der Waals surface area contributed by atoms with Gasteiger partial charge in [-0.2, -0.15) is 0 Å².